The molecule has 0 aliphatic carbocycles. The first-order valence-corrected chi connectivity index (χ1v) is 6.91. The Morgan fingerprint density at radius 3 is 2.90 bits per heavy atom. The summed E-state index contributed by atoms with van der Waals surface area (Å²) in [5, 5.41) is 4.89. The first-order chi connectivity index (χ1) is 9.63. The van der Waals surface area contributed by atoms with E-state index in [4.69, 9.17) is 34.4 Å². The maximum atomic E-state index is 6.20. The Morgan fingerprint density at radius 2 is 2.15 bits per heavy atom. The summed E-state index contributed by atoms with van der Waals surface area (Å²) in [6.07, 6.45) is 5.15. The quantitative estimate of drug-likeness (QED) is 0.678. The molecule has 2 aromatic rings. The number of terminal acetylenes is 1. The van der Waals surface area contributed by atoms with Gasteiger partial charge in [0.05, 0.1) is 16.6 Å². The van der Waals surface area contributed by atoms with Crippen molar-refractivity contribution in [1.82, 2.24) is 10.3 Å². The Kier molecular flexibility index (Phi) is 5.08. The molecule has 0 radical (unpaired) electrons. The van der Waals surface area contributed by atoms with Gasteiger partial charge < -0.3 is 10.1 Å². The van der Waals surface area contributed by atoms with Crippen LogP contribution in [-0.2, 0) is 0 Å². The third-order valence-electron chi connectivity index (χ3n) is 2.73. The highest BCUT2D eigenvalue weighted by atomic mass is 35.5. The molecule has 0 fully saturated rings. The molecule has 1 aromatic heterocycles. The lowest BCUT2D eigenvalue weighted by Gasteiger charge is -2.12. The van der Waals surface area contributed by atoms with Crippen LogP contribution in [0, 0.1) is 19.3 Å². The average Bonchev–Trinajstić information content (AvgIpc) is 2.41. The average molecular weight is 309 g/mol. The second-order valence-corrected chi connectivity index (χ2v) is 5.06. The molecule has 1 heterocycles. The summed E-state index contributed by atoms with van der Waals surface area (Å²) < 4.78 is 5.72. The van der Waals surface area contributed by atoms with E-state index in [0.29, 0.717) is 41.0 Å². The number of nitrogens with zero attached hydrogens (tertiary/aromatic N) is 1. The number of nitrogens with one attached hydrogen (secondary N) is 1. The Labute approximate surface area is 128 Å². The molecule has 2 rings (SSSR count). The fraction of sp³-hybridized carbons (Fsp3) is 0.267. The molecule has 1 N–H and O–H groups in total. The minimum Gasteiger partial charge on any atom is -0.488 e. The molecule has 1 aromatic carbocycles. The molecule has 0 aliphatic heterocycles. The fourth-order valence-electron chi connectivity index (χ4n) is 1.81. The SMILES string of the molecule is C#CCNCCOc1c(Cl)cc(Cl)c2ccc(C)nc12. The van der Waals surface area contributed by atoms with Gasteiger partial charge in [-0.25, -0.2) is 4.98 Å². The first kappa shape index (κ1) is 14.9. The Bertz CT molecular complexity index is 665. The maximum Gasteiger partial charge on any atom is 0.164 e. The number of halogens is 2. The number of benzene rings is 1. The van der Waals surface area contributed by atoms with E-state index in [2.05, 4.69) is 16.2 Å². The highest BCUT2D eigenvalue weighted by molar-refractivity contribution is 6.39. The molecule has 0 amide bonds. The lowest BCUT2D eigenvalue weighted by atomic mass is 10.2. The number of hydrogen-bond donors (Lipinski definition) is 1. The van der Waals surface area contributed by atoms with E-state index >= 15 is 0 Å². The third-order valence-corrected chi connectivity index (χ3v) is 3.32. The van der Waals surface area contributed by atoms with Gasteiger partial charge in [-0.2, -0.15) is 0 Å². The van der Waals surface area contributed by atoms with E-state index in [1.54, 1.807) is 6.07 Å². The second kappa shape index (κ2) is 6.81. The minimum atomic E-state index is 0.452. The predicted molar refractivity (Wildman–Crippen MR) is 83.7 cm³/mol. The molecule has 0 unspecified atom stereocenters. The van der Waals surface area contributed by atoms with Crippen LogP contribution in [0.25, 0.3) is 10.9 Å². The third kappa shape index (κ3) is 3.34. The summed E-state index contributed by atoms with van der Waals surface area (Å²) in [6, 6.07) is 5.49. The Hall–Kier alpha value is -1.47. The molecule has 0 aliphatic rings. The molecule has 104 valence electrons. The van der Waals surface area contributed by atoms with Crippen molar-refractivity contribution in [2.45, 2.75) is 6.92 Å². The number of ether oxygens (including phenoxy) is 1. The lowest BCUT2D eigenvalue weighted by Crippen LogP contribution is -2.21. The zero-order chi connectivity index (χ0) is 14.5. The van der Waals surface area contributed by atoms with E-state index in [1.165, 1.54) is 0 Å². The monoisotopic (exact) mass is 308 g/mol. The van der Waals surface area contributed by atoms with E-state index in [-0.39, 0.29) is 0 Å². The standard InChI is InChI=1S/C15H14Cl2N2O/c1-3-6-18-7-8-20-15-13(17)9-12(16)11-5-4-10(2)19-14(11)15/h1,4-5,9,18H,6-8H2,2H3. The van der Waals surface area contributed by atoms with Gasteiger partial charge in [0.1, 0.15) is 12.1 Å². The molecule has 0 spiro atoms. The van der Waals surface area contributed by atoms with Crippen LogP contribution in [-0.4, -0.2) is 24.7 Å². The van der Waals surface area contributed by atoms with Crippen LogP contribution in [0.5, 0.6) is 5.75 Å². The van der Waals surface area contributed by atoms with Crippen LogP contribution in [0.3, 0.4) is 0 Å². The van der Waals surface area contributed by atoms with E-state index in [1.807, 2.05) is 19.1 Å². The number of aryl methyl sites for hydroxylation is 1. The van der Waals surface area contributed by atoms with Crippen LogP contribution in [0.2, 0.25) is 10.0 Å². The highest BCUT2D eigenvalue weighted by Gasteiger charge is 2.12. The van der Waals surface area contributed by atoms with Crippen LogP contribution < -0.4 is 10.1 Å². The number of hydrogen-bond acceptors (Lipinski definition) is 3. The molecule has 5 heteroatoms. The topological polar surface area (TPSA) is 34.1 Å². The van der Waals surface area contributed by atoms with Crippen LogP contribution in [0.4, 0.5) is 0 Å². The normalized spacial score (nSPS) is 10.5. The molecule has 3 nitrogen and oxygen atoms in total. The summed E-state index contributed by atoms with van der Waals surface area (Å²) in [4.78, 5) is 4.47. The maximum absolute atomic E-state index is 6.20. The highest BCUT2D eigenvalue weighted by Crippen LogP contribution is 2.37. The molecule has 0 atom stereocenters. The van der Waals surface area contributed by atoms with Crippen LogP contribution in [0.15, 0.2) is 18.2 Å². The number of pyridine rings is 1. The summed E-state index contributed by atoms with van der Waals surface area (Å²) >= 11 is 12.4. The summed E-state index contributed by atoms with van der Waals surface area (Å²) in [6.45, 7) is 3.51. The first-order valence-electron chi connectivity index (χ1n) is 6.16. The molecular weight excluding hydrogens is 295 g/mol. The van der Waals surface area contributed by atoms with Crippen molar-refractivity contribution in [3.8, 4) is 18.1 Å². The van der Waals surface area contributed by atoms with Crippen LogP contribution >= 0.6 is 23.2 Å². The van der Waals surface area contributed by atoms with Gasteiger partial charge >= 0.3 is 0 Å². The Balaban J connectivity index is 2.27. The van der Waals surface area contributed by atoms with Crippen molar-refractivity contribution in [2.75, 3.05) is 19.7 Å². The van der Waals surface area contributed by atoms with E-state index < -0.39 is 0 Å². The largest absolute Gasteiger partial charge is 0.488 e. The number of fused-ring (bicyclic) bond motifs is 1. The van der Waals surface area contributed by atoms with E-state index in [0.717, 1.165) is 11.1 Å². The van der Waals surface area contributed by atoms with Crippen molar-refractivity contribution in [3.63, 3.8) is 0 Å². The molecule has 0 saturated carbocycles. The number of aromatic nitrogens is 1. The van der Waals surface area contributed by atoms with Gasteiger partial charge in [0.2, 0.25) is 0 Å². The predicted octanol–water partition coefficient (Wildman–Crippen LogP) is 3.45. The van der Waals surface area contributed by atoms with Crippen molar-refractivity contribution >= 4 is 34.1 Å². The smallest absolute Gasteiger partial charge is 0.164 e. The summed E-state index contributed by atoms with van der Waals surface area (Å²) in [7, 11) is 0. The lowest BCUT2D eigenvalue weighted by molar-refractivity contribution is 0.320. The van der Waals surface area contributed by atoms with Gasteiger partial charge in [-0.05, 0) is 25.1 Å². The van der Waals surface area contributed by atoms with Gasteiger partial charge in [-0.15, -0.1) is 6.42 Å². The van der Waals surface area contributed by atoms with E-state index in [9.17, 15) is 0 Å². The molecule has 0 saturated heterocycles. The fourth-order valence-corrected chi connectivity index (χ4v) is 2.38. The van der Waals surface area contributed by atoms with Gasteiger partial charge in [0.15, 0.2) is 5.75 Å². The van der Waals surface area contributed by atoms with Crippen molar-refractivity contribution in [1.29, 1.82) is 0 Å². The van der Waals surface area contributed by atoms with Gasteiger partial charge in [-0.3, -0.25) is 0 Å². The summed E-state index contributed by atoms with van der Waals surface area (Å²) in [5.41, 5.74) is 1.56. The second-order valence-electron chi connectivity index (χ2n) is 4.25. The zero-order valence-electron chi connectivity index (χ0n) is 11.0. The molecular formula is C15H14Cl2N2O. The number of rotatable bonds is 5. The van der Waals surface area contributed by atoms with Crippen molar-refractivity contribution in [2.24, 2.45) is 0 Å². The van der Waals surface area contributed by atoms with Gasteiger partial charge in [0, 0.05) is 17.6 Å². The van der Waals surface area contributed by atoms with Gasteiger partial charge in [-0.1, -0.05) is 29.1 Å². The summed E-state index contributed by atoms with van der Waals surface area (Å²) in [5.74, 6) is 3.05. The van der Waals surface area contributed by atoms with Crippen LogP contribution in [0.1, 0.15) is 5.69 Å². The molecule has 0 bridgehead atoms. The Morgan fingerprint density at radius 1 is 1.35 bits per heavy atom. The van der Waals surface area contributed by atoms with Crippen molar-refractivity contribution < 1.29 is 4.74 Å². The zero-order valence-corrected chi connectivity index (χ0v) is 12.6. The molecule has 20 heavy (non-hydrogen) atoms. The minimum absolute atomic E-state index is 0.452. The van der Waals surface area contributed by atoms with Gasteiger partial charge in [0.25, 0.3) is 0 Å². The van der Waals surface area contributed by atoms with Crippen molar-refractivity contribution in [3.05, 3.63) is 33.9 Å².